The van der Waals surface area contributed by atoms with Gasteiger partial charge in [0, 0.05) is 66.0 Å². The van der Waals surface area contributed by atoms with Crippen LogP contribution < -0.4 is 10.4 Å². The Bertz CT molecular complexity index is 3430. The van der Waals surface area contributed by atoms with Gasteiger partial charge in [0.2, 0.25) is 0 Å². The monoisotopic (exact) mass is 707 g/mol. The molecular weight excluding hydrogens is 683 g/mol. The Kier molecular flexibility index (Phi) is 6.08. The van der Waals surface area contributed by atoms with Crippen molar-refractivity contribution in [1.82, 2.24) is 24.5 Å². The highest BCUT2D eigenvalue weighted by Crippen LogP contribution is 2.39. The molecule has 4 heterocycles. The highest BCUT2D eigenvalue weighted by Gasteiger charge is 2.20. The van der Waals surface area contributed by atoms with Crippen molar-refractivity contribution in [2.24, 2.45) is 0 Å². The van der Waals surface area contributed by atoms with E-state index in [4.69, 9.17) is 24.4 Å². The molecule has 0 spiro atoms. The molecule has 0 unspecified atom stereocenters. The van der Waals surface area contributed by atoms with Crippen LogP contribution in [0.4, 0.5) is 0 Å². The van der Waals surface area contributed by atoms with Crippen LogP contribution in [0.5, 0.6) is 0 Å². The second kappa shape index (κ2) is 11.2. The SMILES string of the molecule is C1=c2ccc3c(c2=1)c1cc2c(cc1n3-c1cccc(-c3nc4ccc(-c5nc(-c6ccccc6)nc(-c6ccccc6)n5)cc4s3)c1)oc1ccccc12. The first kappa shape index (κ1) is 29.4. The molecule has 0 N–H and O–H groups in total. The number of thiazole rings is 1. The standard InChI is InChI=1S/C47H25N5OS/c1-3-10-27(11-4-1)44-49-45(28-12-5-2-6-13-28)51-46(50-44)30-18-20-37-42(24-30)54-47(48-37)31-14-9-15-32(22-31)52-38-21-19-29-23-34(29)43(38)36-25-35-33-16-7-8-17-40(33)53-41(35)26-39(36)52/h1-22,24-26H. The third-order valence-corrected chi connectivity index (χ3v) is 11.4. The number of nitrogens with zero attached hydrogens (tertiary/aromatic N) is 5. The summed E-state index contributed by atoms with van der Waals surface area (Å²) >= 11 is 1.67. The predicted molar refractivity (Wildman–Crippen MR) is 218 cm³/mol. The Hall–Kier alpha value is -7.18. The van der Waals surface area contributed by atoms with Crippen molar-refractivity contribution < 1.29 is 4.42 Å². The van der Waals surface area contributed by atoms with Gasteiger partial charge in [-0.05, 0) is 54.6 Å². The fourth-order valence-corrected chi connectivity index (χ4v) is 8.72. The number of hydrogen-bond donors (Lipinski definition) is 0. The van der Waals surface area contributed by atoms with E-state index in [1.165, 1.54) is 21.2 Å². The van der Waals surface area contributed by atoms with Gasteiger partial charge in [0.05, 0.1) is 21.3 Å². The first-order valence-electron chi connectivity index (χ1n) is 17.8. The lowest BCUT2D eigenvalue weighted by Crippen LogP contribution is -2.07. The molecule has 1 aliphatic carbocycles. The summed E-state index contributed by atoms with van der Waals surface area (Å²) < 4.78 is 9.78. The number of hydrogen-bond acceptors (Lipinski definition) is 6. The molecule has 6 nitrogen and oxygen atoms in total. The van der Waals surface area contributed by atoms with Gasteiger partial charge in [0.25, 0.3) is 0 Å². The van der Waals surface area contributed by atoms with E-state index in [1.807, 2.05) is 72.8 Å². The maximum Gasteiger partial charge on any atom is 0.164 e. The molecule has 0 amide bonds. The summed E-state index contributed by atoms with van der Waals surface area (Å²) in [6.07, 6.45) is 0. The van der Waals surface area contributed by atoms with Gasteiger partial charge >= 0.3 is 0 Å². The summed E-state index contributed by atoms with van der Waals surface area (Å²) in [5.41, 5.74) is 13.4. The second-order valence-corrected chi connectivity index (χ2v) is 14.6. The van der Waals surface area contributed by atoms with E-state index in [1.54, 1.807) is 11.3 Å². The number of rotatable bonds is 5. The van der Waals surface area contributed by atoms with Crippen molar-refractivity contribution in [3.8, 4) is 50.4 Å². The molecule has 0 saturated heterocycles. The molecule has 11 aromatic rings. The van der Waals surface area contributed by atoms with Gasteiger partial charge in [0.1, 0.15) is 16.2 Å². The molecule has 7 heteroatoms. The van der Waals surface area contributed by atoms with E-state index in [0.29, 0.717) is 17.5 Å². The predicted octanol–water partition coefficient (Wildman–Crippen LogP) is 10.2. The molecule has 0 fully saturated rings. The Labute approximate surface area is 311 Å². The average molecular weight is 708 g/mol. The van der Waals surface area contributed by atoms with Crippen molar-refractivity contribution in [3.63, 3.8) is 0 Å². The summed E-state index contributed by atoms with van der Waals surface area (Å²) in [7, 11) is 0. The van der Waals surface area contributed by atoms with Gasteiger partial charge in [-0.25, -0.2) is 19.9 Å². The van der Waals surface area contributed by atoms with E-state index in [-0.39, 0.29) is 0 Å². The summed E-state index contributed by atoms with van der Waals surface area (Å²) in [4.78, 5) is 19.9. The molecule has 7 aromatic carbocycles. The van der Waals surface area contributed by atoms with Crippen LogP contribution in [0.3, 0.4) is 0 Å². The normalized spacial score (nSPS) is 12.1. The van der Waals surface area contributed by atoms with Crippen molar-refractivity contribution >= 4 is 71.0 Å². The molecule has 4 aromatic heterocycles. The zero-order chi connectivity index (χ0) is 35.3. The van der Waals surface area contributed by atoms with Crippen LogP contribution in [0.25, 0.3) is 110 Å². The third-order valence-electron chi connectivity index (χ3n) is 10.3. The lowest BCUT2D eigenvalue weighted by molar-refractivity contribution is 0.669. The summed E-state index contributed by atoms with van der Waals surface area (Å²) in [5.74, 6) is 1.91. The van der Waals surface area contributed by atoms with Gasteiger partial charge in [-0.3, -0.25) is 0 Å². The van der Waals surface area contributed by atoms with E-state index < -0.39 is 0 Å². The summed E-state index contributed by atoms with van der Waals surface area (Å²) in [6.45, 7) is 0. The van der Waals surface area contributed by atoms with Crippen LogP contribution in [0.2, 0.25) is 0 Å². The molecule has 250 valence electrons. The molecular formula is C47H25N5OS. The van der Waals surface area contributed by atoms with Crippen LogP contribution in [0.1, 0.15) is 0 Å². The van der Waals surface area contributed by atoms with Crippen molar-refractivity contribution in [2.45, 2.75) is 0 Å². The minimum atomic E-state index is 0.626. The van der Waals surface area contributed by atoms with Gasteiger partial charge in [-0.15, -0.1) is 17.1 Å². The zero-order valence-corrected chi connectivity index (χ0v) is 29.3. The Morgan fingerprint density at radius 2 is 1.22 bits per heavy atom. The number of para-hydroxylation sites is 1. The Morgan fingerprint density at radius 3 is 2.02 bits per heavy atom. The first-order valence-corrected chi connectivity index (χ1v) is 18.6. The minimum absolute atomic E-state index is 0.626. The largest absolute Gasteiger partial charge is 0.456 e. The molecule has 0 saturated carbocycles. The van der Waals surface area contributed by atoms with Gasteiger partial charge in [-0.2, -0.15) is 0 Å². The van der Waals surface area contributed by atoms with Crippen molar-refractivity contribution in [3.05, 3.63) is 162 Å². The van der Waals surface area contributed by atoms with Crippen LogP contribution in [-0.2, 0) is 0 Å². The molecule has 0 aliphatic heterocycles. The van der Waals surface area contributed by atoms with Crippen LogP contribution in [0, 0.1) is 0 Å². The lowest BCUT2D eigenvalue weighted by atomic mass is 10.1. The molecule has 0 bridgehead atoms. The number of aromatic nitrogens is 5. The molecule has 54 heavy (non-hydrogen) atoms. The van der Waals surface area contributed by atoms with Crippen molar-refractivity contribution in [2.75, 3.05) is 0 Å². The van der Waals surface area contributed by atoms with E-state index in [0.717, 1.165) is 76.1 Å². The van der Waals surface area contributed by atoms with E-state index in [9.17, 15) is 0 Å². The maximum atomic E-state index is 6.37. The van der Waals surface area contributed by atoms with Gasteiger partial charge in [0.15, 0.2) is 17.5 Å². The Balaban J connectivity index is 0.980. The molecule has 12 rings (SSSR count). The topological polar surface area (TPSA) is 69.6 Å². The minimum Gasteiger partial charge on any atom is -0.456 e. The van der Waals surface area contributed by atoms with E-state index in [2.05, 4.69) is 89.2 Å². The molecule has 0 radical (unpaired) electrons. The summed E-state index contributed by atoms with van der Waals surface area (Å²) in [5, 5.41) is 8.03. The van der Waals surface area contributed by atoms with E-state index >= 15 is 0 Å². The highest BCUT2D eigenvalue weighted by atomic mass is 32.1. The summed E-state index contributed by atoms with van der Waals surface area (Å²) in [6, 6.07) is 52.2. The fourth-order valence-electron chi connectivity index (χ4n) is 7.71. The highest BCUT2D eigenvalue weighted by molar-refractivity contribution is 7.21. The van der Waals surface area contributed by atoms with Crippen LogP contribution in [-0.4, -0.2) is 24.5 Å². The van der Waals surface area contributed by atoms with Crippen LogP contribution >= 0.6 is 11.3 Å². The lowest BCUT2D eigenvalue weighted by Gasteiger charge is -2.09. The fraction of sp³-hybridized carbons (Fsp3) is 0. The number of fused-ring (bicyclic) bond motifs is 9. The number of benzene rings is 7. The first-order chi connectivity index (χ1) is 26.7. The maximum absolute atomic E-state index is 6.37. The van der Waals surface area contributed by atoms with Crippen molar-refractivity contribution in [1.29, 1.82) is 0 Å². The molecule has 0 atom stereocenters. The quantitative estimate of drug-likeness (QED) is 0.178. The second-order valence-electron chi connectivity index (χ2n) is 13.6. The van der Waals surface area contributed by atoms with Gasteiger partial charge in [-0.1, -0.05) is 91.0 Å². The van der Waals surface area contributed by atoms with Gasteiger partial charge < -0.3 is 8.98 Å². The molecule has 1 aliphatic rings. The average Bonchev–Trinajstić information content (AvgIpc) is 3.59. The Morgan fingerprint density at radius 1 is 0.500 bits per heavy atom. The van der Waals surface area contributed by atoms with Crippen LogP contribution in [0.15, 0.2) is 156 Å². The number of furan rings is 1. The smallest absolute Gasteiger partial charge is 0.164 e. The zero-order valence-electron chi connectivity index (χ0n) is 28.5. The third kappa shape index (κ3) is 4.53.